The Bertz CT molecular complexity index is 908. The van der Waals surface area contributed by atoms with Gasteiger partial charge < -0.3 is 9.84 Å². The molecule has 178 valence electrons. The second-order valence-corrected chi connectivity index (χ2v) is 9.87. The minimum atomic E-state index is -4.29. The summed E-state index contributed by atoms with van der Waals surface area (Å²) >= 11 is 0. The minimum Gasteiger partial charge on any atom is -0.508 e. The molecule has 0 amide bonds. The summed E-state index contributed by atoms with van der Waals surface area (Å²) in [7, 11) is -4.29. The molecular formula is C26H38O5S. The predicted molar refractivity (Wildman–Crippen MR) is 129 cm³/mol. The first-order valence-electron chi connectivity index (χ1n) is 12.0. The van der Waals surface area contributed by atoms with Gasteiger partial charge in [-0.25, -0.2) is 0 Å². The number of aryl methyl sites for hydroxylation is 1. The van der Waals surface area contributed by atoms with Crippen LogP contribution in [0.15, 0.2) is 47.4 Å². The molecule has 0 radical (unpaired) electrons. The maximum absolute atomic E-state index is 11.8. The van der Waals surface area contributed by atoms with Crippen molar-refractivity contribution in [1.82, 2.24) is 0 Å². The summed E-state index contributed by atoms with van der Waals surface area (Å²) in [5.74, 6) is 1.02. The number of benzene rings is 2. The van der Waals surface area contributed by atoms with Gasteiger partial charge in [0.1, 0.15) is 17.2 Å². The summed E-state index contributed by atoms with van der Waals surface area (Å²) in [5.41, 5.74) is 0.553. The van der Waals surface area contributed by atoms with Gasteiger partial charge in [0.05, 0.1) is 4.90 Å². The third-order valence-electron chi connectivity index (χ3n) is 5.66. The van der Waals surface area contributed by atoms with E-state index in [0.717, 1.165) is 19.3 Å². The number of hydrogen-bond acceptors (Lipinski definition) is 4. The van der Waals surface area contributed by atoms with E-state index in [1.807, 2.05) is 0 Å². The topological polar surface area (TPSA) is 83.8 Å². The number of phenols is 1. The van der Waals surface area contributed by atoms with E-state index in [9.17, 15) is 18.1 Å². The van der Waals surface area contributed by atoms with Crippen molar-refractivity contribution in [2.45, 2.75) is 95.3 Å². The number of hydrogen-bond donors (Lipinski definition) is 2. The Hall–Kier alpha value is -2.05. The summed E-state index contributed by atoms with van der Waals surface area (Å²) in [6.45, 7) is 2.24. The third kappa shape index (κ3) is 10.0. The Kier molecular flexibility index (Phi) is 11.6. The van der Waals surface area contributed by atoms with E-state index in [1.54, 1.807) is 24.3 Å². The fourth-order valence-electron chi connectivity index (χ4n) is 3.91. The molecule has 0 fully saturated rings. The predicted octanol–water partition coefficient (Wildman–Crippen LogP) is 7.67. The van der Waals surface area contributed by atoms with Gasteiger partial charge in [0.25, 0.3) is 10.1 Å². The zero-order valence-electron chi connectivity index (χ0n) is 19.3. The molecule has 32 heavy (non-hydrogen) atoms. The number of aromatic hydroxyl groups is 1. The molecule has 2 N–H and O–H groups in total. The number of unbranched alkanes of at least 4 members (excludes halogenated alkanes) is 11. The maximum atomic E-state index is 11.8. The summed E-state index contributed by atoms with van der Waals surface area (Å²) in [4.78, 5) is -0.0659. The van der Waals surface area contributed by atoms with Crippen LogP contribution in [0.5, 0.6) is 17.2 Å². The molecule has 2 aromatic carbocycles. The van der Waals surface area contributed by atoms with Crippen LogP contribution in [0.4, 0.5) is 0 Å². The largest absolute Gasteiger partial charge is 0.508 e. The third-order valence-corrected chi connectivity index (χ3v) is 6.62. The highest BCUT2D eigenvalue weighted by atomic mass is 32.2. The summed E-state index contributed by atoms with van der Waals surface area (Å²) in [6.07, 6.45) is 15.4. The average molecular weight is 463 g/mol. The normalized spacial score (nSPS) is 11.6. The quantitative estimate of drug-likeness (QED) is 0.197. The second kappa shape index (κ2) is 14.2. The van der Waals surface area contributed by atoms with Crippen LogP contribution in [-0.2, 0) is 16.5 Å². The number of phenolic OH excluding ortho intramolecular Hbond substituents is 1. The van der Waals surface area contributed by atoms with E-state index < -0.39 is 10.1 Å². The van der Waals surface area contributed by atoms with Crippen molar-refractivity contribution in [3.8, 4) is 17.2 Å². The van der Waals surface area contributed by atoms with Crippen molar-refractivity contribution in [1.29, 1.82) is 0 Å². The molecule has 6 heteroatoms. The highest BCUT2D eigenvalue weighted by Gasteiger charge is 2.16. The van der Waals surface area contributed by atoms with Crippen LogP contribution in [-0.4, -0.2) is 18.1 Å². The van der Waals surface area contributed by atoms with Gasteiger partial charge in [0, 0.05) is 6.07 Å². The van der Waals surface area contributed by atoms with Crippen LogP contribution in [0.3, 0.4) is 0 Å². The Morgan fingerprint density at radius 3 is 1.88 bits per heavy atom. The first-order chi connectivity index (χ1) is 15.4. The van der Waals surface area contributed by atoms with E-state index in [1.165, 1.54) is 76.0 Å². The van der Waals surface area contributed by atoms with E-state index in [4.69, 9.17) is 4.74 Å². The Morgan fingerprint density at radius 1 is 0.750 bits per heavy atom. The molecule has 0 saturated carbocycles. The molecule has 2 rings (SSSR count). The van der Waals surface area contributed by atoms with Gasteiger partial charge in [-0.3, -0.25) is 4.55 Å². The summed E-state index contributed by atoms with van der Waals surface area (Å²) in [5, 5.41) is 9.58. The molecule has 0 saturated heterocycles. The maximum Gasteiger partial charge on any atom is 0.294 e. The molecule has 0 spiro atoms. The van der Waals surface area contributed by atoms with Gasteiger partial charge in [-0.05, 0) is 48.7 Å². The zero-order valence-corrected chi connectivity index (χ0v) is 20.1. The molecule has 0 bridgehead atoms. The fourth-order valence-corrected chi connectivity index (χ4v) is 4.64. The molecule has 0 aromatic heterocycles. The van der Waals surface area contributed by atoms with Gasteiger partial charge in [-0.1, -0.05) is 83.6 Å². The summed E-state index contributed by atoms with van der Waals surface area (Å²) in [6, 6.07) is 11.0. The molecule has 0 aliphatic heterocycles. The highest BCUT2D eigenvalue weighted by molar-refractivity contribution is 7.85. The van der Waals surface area contributed by atoms with Gasteiger partial charge >= 0.3 is 0 Å². The molecule has 0 unspecified atom stereocenters. The zero-order chi connectivity index (χ0) is 23.2. The Balaban J connectivity index is 1.78. The lowest BCUT2D eigenvalue weighted by atomic mass is 10.0. The van der Waals surface area contributed by atoms with Crippen molar-refractivity contribution < 1.29 is 22.8 Å². The minimum absolute atomic E-state index is 0.0659. The first-order valence-corrected chi connectivity index (χ1v) is 13.4. The van der Waals surface area contributed by atoms with Gasteiger partial charge in [0.2, 0.25) is 0 Å². The molecular weight excluding hydrogens is 424 g/mol. The molecule has 5 nitrogen and oxygen atoms in total. The average Bonchev–Trinajstić information content (AvgIpc) is 2.74. The number of rotatable bonds is 16. The lowest BCUT2D eigenvalue weighted by Gasteiger charge is -2.11. The molecule has 2 aromatic rings. The van der Waals surface area contributed by atoms with Crippen LogP contribution < -0.4 is 4.74 Å². The molecule has 0 aliphatic rings. The van der Waals surface area contributed by atoms with E-state index in [2.05, 4.69) is 6.92 Å². The lowest BCUT2D eigenvalue weighted by Crippen LogP contribution is -2.04. The van der Waals surface area contributed by atoms with Gasteiger partial charge in [-0.2, -0.15) is 8.42 Å². The van der Waals surface area contributed by atoms with Crippen molar-refractivity contribution >= 4 is 10.1 Å². The van der Waals surface area contributed by atoms with Crippen LogP contribution in [0, 0.1) is 0 Å². The molecule has 0 aliphatic carbocycles. The van der Waals surface area contributed by atoms with Crippen molar-refractivity contribution in [3.63, 3.8) is 0 Å². The van der Waals surface area contributed by atoms with Crippen LogP contribution >= 0.6 is 0 Å². The SMILES string of the molecule is CCCCCCCCCCCCCCc1cc(Oc2cccc(O)c2)ccc1S(=O)(=O)O. The molecule has 0 atom stereocenters. The number of ether oxygens (including phenoxy) is 1. The highest BCUT2D eigenvalue weighted by Crippen LogP contribution is 2.29. The first kappa shape index (κ1) is 26.2. The summed E-state index contributed by atoms with van der Waals surface area (Å²) < 4.78 is 38.9. The monoisotopic (exact) mass is 462 g/mol. The van der Waals surface area contributed by atoms with Gasteiger partial charge in [-0.15, -0.1) is 0 Å². The van der Waals surface area contributed by atoms with Crippen molar-refractivity contribution in [2.75, 3.05) is 0 Å². The van der Waals surface area contributed by atoms with E-state index >= 15 is 0 Å². The lowest BCUT2D eigenvalue weighted by molar-refractivity contribution is 0.454. The standard InChI is InChI=1S/C26H38O5S/c1-2-3-4-5-6-7-8-9-10-11-12-13-15-22-20-25(18-19-26(22)32(28,29)30)31-24-17-14-16-23(27)21-24/h14,16-21,27H,2-13,15H2,1H3,(H,28,29,30). The Morgan fingerprint density at radius 2 is 1.31 bits per heavy atom. The fraction of sp³-hybridized carbons (Fsp3) is 0.538. The van der Waals surface area contributed by atoms with Crippen molar-refractivity contribution in [3.05, 3.63) is 48.0 Å². The van der Waals surface area contributed by atoms with Crippen LogP contribution in [0.1, 0.15) is 89.5 Å². The van der Waals surface area contributed by atoms with Crippen molar-refractivity contribution in [2.24, 2.45) is 0 Å². The Labute approximate surface area is 193 Å². The van der Waals surface area contributed by atoms with Crippen LogP contribution in [0.25, 0.3) is 0 Å². The molecule has 0 heterocycles. The van der Waals surface area contributed by atoms with Crippen LogP contribution in [0.2, 0.25) is 0 Å². The second-order valence-electron chi connectivity index (χ2n) is 8.48. The van der Waals surface area contributed by atoms with E-state index in [0.29, 0.717) is 23.5 Å². The van der Waals surface area contributed by atoms with E-state index in [-0.39, 0.29) is 10.6 Å². The van der Waals surface area contributed by atoms with Gasteiger partial charge in [0.15, 0.2) is 0 Å². The smallest absolute Gasteiger partial charge is 0.294 e.